The highest BCUT2D eigenvalue weighted by Crippen LogP contribution is 2.56. The second-order valence-electron chi connectivity index (χ2n) is 7.84. The molecule has 1 N–H and O–H groups in total. The molecule has 4 nitrogen and oxygen atoms in total. The predicted molar refractivity (Wildman–Crippen MR) is 104 cm³/mol. The fourth-order valence-corrected chi connectivity index (χ4v) is 4.68. The molecule has 0 aliphatic heterocycles. The summed E-state index contributed by atoms with van der Waals surface area (Å²) in [5.74, 6) is -0.474. The SMILES string of the molecule is O=C(NCc1ccc(F)cc1)[C@@]12CC[C@@H](C1)c1cc(-c3ccccc3F)nnc12. The molecule has 2 bridgehead atoms. The highest BCUT2D eigenvalue weighted by molar-refractivity contribution is 5.90. The van der Waals surface area contributed by atoms with Gasteiger partial charge in [-0.15, -0.1) is 0 Å². The van der Waals surface area contributed by atoms with Crippen molar-refractivity contribution < 1.29 is 13.6 Å². The molecule has 1 saturated carbocycles. The van der Waals surface area contributed by atoms with Gasteiger partial charge in [0.05, 0.1) is 16.8 Å². The van der Waals surface area contributed by atoms with Gasteiger partial charge in [-0.25, -0.2) is 8.78 Å². The number of carbonyl (C=O) groups excluding carboxylic acids is 1. The first-order chi connectivity index (χ1) is 14.1. The molecule has 29 heavy (non-hydrogen) atoms. The number of hydrogen-bond donors (Lipinski definition) is 1. The molecule has 1 fully saturated rings. The number of benzene rings is 2. The van der Waals surface area contributed by atoms with Gasteiger partial charge in [0.15, 0.2) is 0 Å². The lowest BCUT2D eigenvalue weighted by Crippen LogP contribution is -2.42. The average molecular weight is 391 g/mol. The van der Waals surface area contributed by atoms with Crippen molar-refractivity contribution in [1.82, 2.24) is 15.5 Å². The topological polar surface area (TPSA) is 54.9 Å². The van der Waals surface area contributed by atoms with Crippen LogP contribution in [0.2, 0.25) is 0 Å². The first kappa shape index (κ1) is 17.9. The van der Waals surface area contributed by atoms with Gasteiger partial charge in [-0.1, -0.05) is 24.3 Å². The van der Waals surface area contributed by atoms with Gasteiger partial charge in [0.25, 0.3) is 0 Å². The zero-order valence-corrected chi connectivity index (χ0v) is 15.7. The van der Waals surface area contributed by atoms with E-state index in [1.54, 1.807) is 30.3 Å². The number of carbonyl (C=O) groups is 1. The van der Waals surface area contributed by atoms with Gasteiger partial charge in [0.2, 0.25) is 5.91 Å². The van der Waals surface area contributed by atoms with Crippen LogP contribution in [0.25, 0.3) is 11.3 Å². The van der Waals surface area contributed by atoms with Gasteiger partial charge in [-0.3, -0.25) is 4.79 Å². The maximum absolute atomic E-state index is 14.1. The first-order valence-electron chi connectivity index (χ1n) is 9.72. The van der Waals surface area contributed by atoms with Gasteiger partial charge >= 0.3 is 0 Å². The lowest BCUT2D eigenvalue weighted by molar-refractivity contribution is -0.126. The van der Waals surface area contributed by atoms with Gasteiger partial charge < -0.3 is 5.32 Å². The van der Waals surface area contributed by atoms with E-state index in [9.17, 15) is 13.6 Å². The zero-order chi connectivity index (χ0) is 20.0. The smallest absolute Gasteiger partial charge is 0.232 e. The molecule has 6 heteroatoms. The number of hydrogen-bond acceptors (Lipinski definition) is 3. The minimum atomic E-state index is -0.680. The lowest BCUT2D eigenvalue weighted by atomic mass is 9.82. The van der Waals surface area contributed by atoms with Crippen molar-refractivity contribution in [3.63, 3.8) is 0 Å². The van der Waals surface area contributed by atoms with Crippen molar-refractivity contribution >= 4 is 5.91 Å². The predicted octanol–water partition coefficient (Wildman–Crippen LogP) is 4.26. The molecule has 1 aromatic heterocycles. The molecule has 0 saturated heterocycles. The molecule has 0 radical (unpaired) electrons. The summed E-state index contributed by atoms with van der Waals surface area (Å²) in [7, 11) is 0. The number of rotatable bonds is 4. The molecular formula is C23H19F2N3O. The van der Waals surface area contributed by atoms with Crippen LogP contribution >= 0.6 is 0 Å². The summed E-state index contributed by atoms with van der Waals surface area (Å²) >= 11 is 0. The molecular weight excluding hydrogens is 372 g/mol. The molecule has 2 atom stereocenters. The van der Waals surface area contributed by atoms with Crippen LogP contribution in [0, 0.1) is 11.6 Å². The molecule has 3 aromatic rings. The van der Waals surface area contributed by atoms with Gasteiger partial charge in [-0.2, -0.15) is 10.2 Å². The summed E-state index contributed by atoms with van der Waals surface area (Å²) in [6, 6.07) is 14.5. The Labute approximate surface area is 167 Å². The van der Waals surface area contributed by atoms with E-state index < -0.39 is 5.41 Å². The van der Waals surface area contributed by atoms with Crippen molar-refractivity contribution in [2.45, 2.75) is 37.1 Å². The molecule has 1 amide bonds. The monoisotopic (exact) mass is 391 g/mol. The molecule has 5 rings (SSSR count). The Hall–Kier alpha value is -3.15. The van der Waals surface area contributed by atoms with Gasteiger partial charge in [0, 0.05) is 12.1 Å². The molecule has 0 unspecified atom stereocenters. The number of aromatic nitrogens is 2. The van der Waals surface area contributed by atoms with Crippen LogP contribution < -0.4 is 5.32 Å². The average Bonchev–Trinajstić information content (AvgIpc) is 3.32. The van der Waals surface area contributed by atoms with Crippen LogP contribution in [0.15, 0.2) is 54.6 Å². The number of nitrogens with one attached hydrogen (secondary N) is 1. The van der Waals surface area contributed by atoms with E-state index in [-0.39, 0.29) is 23.5 Å². The summed E-state index contributed by atoms with van der Waals surface area (Å²) in [5, 5.41) is 11.6. The second kappa shape index (κ2) is 6.72. The normalized spacial score (nSPS) is 21.8. The van der Waals surface area contributed by atoms with Gasteiger partial charge in [-0.05, 0) is 66.6 Å². The van der Waals surface area contributed by atoms with E-state index in [4.69, 9.17) is 0 Å². The number of fused-ring (bicyclic) bond motifs is 5. The van der Waals surface area contributed by atoms with Crippen LogP contribution in [0.1, 0.15) is 42.0 Å². The Morgan fingerprint density at radius 3 is 2.69 bits per heavy atom. The Bertz CT molecular complexity index is 1100. The standard InChI is InChI=1S/C23H19F2N3O/c24-16-7-5-14(6-8-16)13-26-22(29)23-10-9-15(12-23)18-11-20(27-28-21(18)23)17-3-1-2-4-19(17)25/h1-8,11,15H,9-10,12-13H2,(H,26,29)/t15-,23-/m0/s1. The van der Waals surface area contributed by atoms with Crippen molar-refractivity contribution in [3.05, 3.63) is 83.1 Å². The third-order valence-electron chi connectivity index (χ3n) is 6.18. The molecule has 2 aliphatic carbocycles. The second-order valence-corrected chi connectivity index (χ2v) is 7.84. The summed E-state index contributed by atoms with van der Waals surface area (Å²) < 4.78 is 27.2. The van der Waals surface area contributed by atoms with Crippen LogP contribution in [0.5, 0.6) is 0 Å². The van der Waals surface area contributed by atoms with Crippen LogP contribution in [0.4, 0.5) is 8.78 Å². The van der Waals surface area contributed by atoms with E-state index in [0.717, 1.165) is 24.0 Å². The fourth-order valence-electron chi connectivity index (χ4n) is 4.68. The van der Waals surface area contributed by atoms with E-state index in [1.165, 1.54) is 18.2 Å². The number of halogens is 2. The highest BCUT2D eigenvalue weighted by Gasteiger charge is 2.55. The van der Waals surface area contributed by atoms with E-state index >= 15 is 0 Å². The van der Waals surface area contributed by atoms with Crippen molar-refractivity contribution in [2.75, 3.05) is 0 Å². The van der Waals surface area contributed by atoms with E-state index in [1.807, 2.05) is 6.07 Å². The zero-order valence-electron chi connectivity index (χ0n) is 15.7. The first-order valence-corrected chi connectivity index (χ1v) is 9.72. The van der Waals surface area contributed by atoms with E-state index in [2.05, 4.69) is 15.5 Å². The largest absolute Gasteiger partial charge is 0.351 e. The van der Waals surface area contributed by atoms with E-state index in [0.29, 0.717) is 29.9 Å². The summed E-state index contributed by atoms with van der Waals surface area (Å²) in [6.07, 6.45) is 2.33. The number of nitrogens with zero attached hydrogens (tertiary/aromatic N) is 2. The lowest BCUT2D eigenvalue weighted by Gasteiger charge is -2.26. The molecule has 2 aromatic carbocycles. The molecule has 0 spiro atoms. The fraction of sp³-hybridized carbons (Fsp3) is 0.261. The summed E-state index contributed by atoms with van der Waals surface area (Å²) in [6.45, 7) is 0.335. The maximum atomic E-state index is 14.1. The van der Waals surface area contributed by atoms with Crippen LogP contribution in [-0.2, 0) is 16.8 Å². The van der Waals surface area contributed by atoms with Gasteiger partial charge in [0.1, 0.15) is 11.6 Å². The van der Waals surface area contributed by atoms with Crippen LogP contribution in [-0.4, -0.2) is 16.1 Å². The quantitative estimate of drug-likeness (QED) is 0.723. The summed E-state index contributed by atoms with van der Waals surface area (Å²) in [4.78, 5) is 13.1. The van der Waals surface area contributed by atoms with Crippen LogP contribution in [0.3, 0.4) is 0 Å². The molecule has 2 aliphatic rings. The Morgan fingerprint density at radius 1 is 1.10 bits per heavy atom. The molecule has 146 valence electrons. The Kier molecular flexibility index (Phi) is 4.15. The highest BCUT2D eigenvalue weighted by atomic mass is 19.1. The van der Waals surface area contributed by atoms with Crippen molar-refractivity contribution in [3.8, 4) is 11.3 Å². The minimum Gasteiger partial charge on any atom is -0.351 e. The van der Waals surface area contributed by atoms with Crippen molar-refractivity contribution in [1.29, 1.82) is 0 Å². The third-order valence-corrected chi connectivity index (χ3v) is 6.18. The third kappa shape index (κ3) is 2.90. The Morgan fingerprint density at radius 2 is 1.90 bits per heavy atom. The maximum Gasteiger partial charge on any atom is 0.232 e. The minimum absolute atomic E-state index is 0.0731. The van der Waals surface area contributed by atoms with Crippen molar-refractivity contribution in [2.24, 2.45) is 0 Å². The molecule has 1 heterocycles. The Balaban J connectivity index is 1.42. The summed E-state index contributed by atoms with van der Waals surface area (Å²) in [5.41, 5.74) is 2.79. The number of amides is 1.